The van der Waals surface area contributed by atoms with E-state index >= 15 is 0 Å². The Morgan fingerprint density at radius 3 is 2.56 bits per heavy atom. The number of piperidine rings is 1. The predicted octanol–water partition coefficient (Wildman–Crippen LogP) is 4.66. The van der Waals surface area contributed by atoms with Crippen LogP contribution in [0.4, 0.5) is 0 Å². The molecule has 162 valence electrons. The van der Waals surface area contributed by atoms with Crippen LogP contribution in [0.2, 0.25) is 0 Å². The number of fused-ring (bicyclic) bond motifs is 4. The molecule has 5 rings (SSSR count). The highest BCUT2D eigenvalue weighted by Gasteiger charge is 2.44. The fourth-order valence-electron chi connectivity index (χ4n) is 4.65. The zero-order chi connectivity index (χ0) is 22.3. The Morgan fingerprint density at radius 1 is 1.12 bits per heavy atom. The number of nitrogens with zero attached hydrogens (tertiary/aromatic N) is 3. The molecule has 6 heteroatoms. The summed E-state index contributed by atoms with van der Waals surface area (Å²) < 4.78 is 14.4. The number of amides is 1. The van der Waals surface area contributed by atoms with Crippen LogP contribution >= 0.6 is 0 Å². The first-order valence-corrected chi connectivity index (χ1v) is 11.0. The van der Waals surface area contributed by atoms with Crippen molar-refractivity contribution in [1.82, 2.24) is 9.47 Å². The van der Waals surface area contributed by atoms with Crippen LogP contribution in [0.3, 0.4) is 0 Å². The zero-order valence-corrected chi connectivity index (χ0v) is 18.2. The van der Waals surface area contributed by atoms with Gasteiger partial charge in [0.15, 0.2) is 5.60 Å². The van der Waals surface area contributed by atoms with E-state index in [9.17, 15) is 10.1 Å². The van der Waals surface area contributed by atoms with Crippen LogP contribution in [0.15, 0.2) is 60.8 Å². The molecular weight excluding hydrogens is 402 g/mol. The number of benzene rings is 2. The van der Waals surface area contributed by atoms with E-state index in [1.54, 1.807) is 6.07 Å². The number of aromatic nitrogens is 1. The molecule has 2 aliphatic heterocycles. The summed E-state index contributed by atoms with van der Waals surface area (Å²) >= 11 is 0. The number of carbonyl (C=O) groups is 1. The molecule has 32 heavy (non-hydrogen) atoms. The minimum atomic E-state index is -0.504. The molecule has 2 aromatic carbocycles. The van der Waals surface area contributed by atoms with E-state index in [1.807, 2.05) is 67.4 Å². The fraction of sp³-hybridized carbons (Fsp3) is 0.308. The van der Waals surface area contributed by atoms with Crippen molar-refractivity contribution in [2.24, 2.45) is 0 Å². The lowest BCUT2D eigenvalue weighted by Gasteiger charge is -2.45. The lowest BCUT2D eigenvalue weighted by atomic mass is 9.86. The molecule has 1 amide bonds. The summed E-state index contributed by atoms with van der Waals surface area (Å²) in [7, 11) is 0. The van der Waals surface area contributed by atoms with Gasteiger partial charge >= 0.3 is 0 Å². The molecule has 1 aromatic heterocycles. The van der Waals surface area contributed by atoms with Gasteiger partial charge in [-0.3, -0.25) is 4.79 Å². The van der Waals surface area contributed by atoms with E-state index in [1.165, 1.54) is 0 Å². The fourth-order valence-corrected chi connectivity index (χ4v) is 4.65. The van der Waals surface area contributed by atoms with Crippen molar-refractivity contribution in [1.29, 1.82) is 5.26 Å². The molecule has 0 aliphatic carbocycles. The summed E-state index contributed by atoms with van der Waals surface area (Å²) in [6, 6.07) is 19.2. The van der Waals surface area contributed by atoms with Crippen LogP contribution in [-0.2, 0) is 5.60 Å². The Kier molecular flexibility index (Phi) is 4.90. The van der Waals surface area contributed by atoms with Crippen LogP contribution in [0.5, 0.6) is 11.5 Å². The van der Waals surface area contributed by atoms with E-state index in [2.05, 4.69) is 16.7 Å². The third-order valence-corrected chi connectivity index (χ3v) is 6.20. The Hall–Kier alpha value is -3.72. The summed E-state index contributed by atoms with van der Waals surface area (Å²) in [5.41, 5.74) is 2.77. The monoisotopic (exact) mass is 427 g/mol. The highest BCUT2D eigenvalue weighted by atomic mass is 16.5. The number of likely N-dealkylation sites (tertiary alicyclic amines) is 1. The second-order valence-electron chi connectivity index (χ2n) is 8.64. The number of rotatable bonds is 3. The number of carbonyl (C=O) groups excluding carboxylic acids is 1. The smallest absolute Gasteiger partial charge is 0.253 e. The van der Waals surface area contributed by atoms with Crippen LogP contribution in [0.1, 0.15) is 48.3 Å². The number of nitriles is 1. The summed E-state index contributed by atoms with van der Waals surface area (Å²) in [6.45, 7) is 5.15. The van der Waals surface area contributed by atoms with Crippen molar-refractivity contribution in [3.05, 3.63) is 77.6 Å². The third kappa shape index (κ3) is 3.40. The van der Waals surface area contributed by atoms with Crippen LogP contribution in [-0.4, -0.2) is 34.6 Å². The summed E-state index contributed by atoms with van der Waals surface area (Å²) in [5.74, 6) is 1.50. The first-order chi connectivity index (χ1) is 15.5. The largest absolute Gasteiger partial charge is 0.491 e. The van der Waals surface area contributed by atoms with Crippen molar-refractivity contribution in [2.45, 2.75) is 38.4 Å². The van der Waals surface area contributed by atoms with E-state index in [0.29, 0.717) is 42.8 Å². The molecule has 6 nitrogen and oxygen atoms in total. The zero-order valence-electron chi connectivity index (χ0n) is 18.2. The molecular formula is C26H25N3O3. The van der Waals surface area contributed by atoms with Gasteiger partial charge in [0.25, 0.3) is 5.91 Å². The van der Waals surface area contributed by atoms with Gasteiger partial charge < -0.3 is 18.9 Å². The Balaban J connectivity index is 1.35. The molecule has 3 heterocycles. The molecule has 0 N–H and O–H groups in total. The molecule has 0 bridgehead atoms. The predicted molar refractivity (Wildman–Crippen MR) is 120 cm³/mol. The average Bonchev–Trinajstić information content (AvgIpc) is 3.30. The van der Waals surface area contributed by atoms with Crippen LogP contribution < -0.4 is 9.47 Å². The van der Waals surface area contributed by atoms with Crippen molar-refractivity contribution in [3.63, 3.8) is 0 Å². The van der Waals surface area contributed by atoms with Gasteiger partial charge in [-0.05, 0) is 62.4 Å². The maximum Gasteiger partial charge on any atom is 0.253 e. The topological polar surface area (TPSA) is 67.5 Å². The molecule has 0 atom stereocenters. The third-order valence-electron chi connectivity index (χ3n) is 6.20. The lowest BCUT2D eigenvalue weighted by molar-refractivity contribution is -0.00932. The van der Waals surface area contributed by atoms with Crippen molar-refractivity contribution in [3.8, 4) is 23.3 Å². The minimum absolute atomic E-state index is 0.0225. The second kappa shape index (κ2) is 7.76. The first kappa shape index (κ1) is 20.2. The maximum absolute atomic E-state index is 13.1. The van der Waals surface area contributed by atoms with Crippen molar-refractivity contribution < 1.29 is 14.3 Å². The van der Waals surface area contributed by atoms with Crippen molar-refractivity contribution in [2.75, 3.05) is 13.1 Å². The van der Waals surface area contributed by atoms with E-state index in [4.69, 9.17) is 9.47 Å². The minimum Gasteiger partial charge on any atom is -0.491 e. The van der Waals surface area contributed by atoms with Gasteiger partial charge in [0, 0.05) is 43.8 Å². The van der Waals surface area contributed by atoms with Gasteiger partial charge in [0.1, 0.15) is 11.5 Å². The van der Waals surface area contributed by atoms with Gasteiger partial charge in [-0.25, -0.2) is 0 Å². The molecule has 1 spiro atoms. The van der Waals surface area contributed by atoms with Crippen molar-refractivity contribution >= 4 is 5.91 Å². The summed E-state index contributed by atoms with van der Waals surface area (Å²) in [5, 5.41) is 9.30. The summed E-state index contributed by atoms with van der Waals surface area (Å²) in [6.07, 6.45) is 3.50. The molecule has 0 radical (unpaired) electrons. The number of hydrogen-bond donors (Lipinski definition) is 0. The molecule has 3 aromatic rings. The Labute approximate surface area is 187 Å². The van der Waals surface area contributed by atoms with Gasteiger partial charge in [0.2, 0.25) is 0 Å². The van der Waals surface area contributed by atoms with E-state index < -0.39 is 5.60 Å². The highest BCUT2D eigenvalue weighted by Crippen LogP contribution is 2.45. The van der Waals surface area contributed by atoms with Gasteiger partial charge in [-0.1, -0.05) is 0 Å². The quantitative estimate of drug-likeness (QED) is 0.610. The number of hydrogen-bond acceptors (Lipinski definition) is 4. The SMILES string of the molecule is CC(C)Oc1ccc(C(=O)N2CCC3(CC2)Oc2cc(C#N)ccc2-n2cccc23)cc1. The maximum atomic E-state index is 13.1. The average molecular weight is 428 g/mol. The Bertz CT molecular complexity index is 1200. The van der Waals surface area contributed by atoms with Gasteiger partial charge in [-0.15, -0.1) is 0 Å². The number of ether oxygens (including phenoxy) is 2. The molecule has 0 saturated carbocycles. The summed E-state index contributed by atoms with van der Waals surface area (Å²) in [4.78, 5) is 15.0. The Morgan fingerprint density at radius 2 is 1.88 bits per heavy atom. The second-order valence-corrected chi connectivity index (χ2v) is 8.64. The lowest BCUT2D eigenvalue weighted by Crippen LogP contribution is -2.50. The van der Waals surface area contributed by atoms with Crippen LogP contribution in [0.25, 0.3) is 5.69 Å². The standard InChI is InChI=1S/C26H25N3O3/c1-18(2)31-21-8-6-20(7-9-21)25(30)28-14-11-26(12-15-28)24-4-3-13-29(24)22-10-5-19(17-27)16-23(22)32-26/h3-10,13,16,18H,11-12,14-15H2,1-2H3. The molecule has 1 saturated heterocycles. The molecule has 2 aliphatic rings. The van der Waals surface area contributed by atoms with Gasteiger partial charge in [-0.2, -0.15) is 5.26 Å². The normalized spacial score (nSPS) is 16.1. The van der Waals surface area contributed by atoms with Gasteiger partial charge in [0.05, 0.1) is 29.1 Å². The molecule has 0 unspecified atom stereocenters. The molecule has 1 fully saturated rings. The van der Waals surface area contributed by atoms with E-state index in [0.717, 1.165) is 17.1 Å². The van der Waals surface area contributed by atoms with E-state index in [-0.39, 0.29) is 12.0 Å². The highest BCUT2D eigenvalue weighted by molar-refractivity contribution is 5.94. The van der Waals surface area contributed by atoms with Crippen LogP contribution in [0, 0.1) is 11.3 Å². The first-order valence-electron chi connectivity index (χ1n) is 11.0.